The Morgan fingerprint density at radius 2 is 2.50 bits per heavy atom. The Hall–Kier alpha value is -1.43. The molecule has 1 aromatic heterocycles. The van der Waals surface area contributed by atoms with Crippen LogP contribution in [-0.4, -0.2) is 26.7 Å². The van der Waals surface area contributed by atoms with Crippen LogP contribution < -0.4 is 11.1 Å². The SMILES string of the molecule is CCC[C@H](N)C(=O)Nc1ncnn1C. The number of nitrogens with zero attached hydrogens (tertiary/aromatic N) is 3. The van der Waals surface area contributed by atoms with Crippen LogP contribution in [0, 0.1) is 0 Å². The molecule has 1 aromatic rings. The number of aromatic nitrogens is 3. The number of nitrogens with two attached hydrogens (primary N) is 1. The van der Waals surface area contributed by atoms with Gasteiger partial charge in [0.05, 0.1) is 6.04 Å². The zero-order chi connectivity index (χ0) is 10.6. The van der Waals surface area contributed by atoms with Crippen molar-refractivity contribution in [2.24, 2.45) is 12.8 Å². The minimum absolute atomic E-state index is 0.219. The molecule has 78 valence electrons. The van der Waals surface area contributed by atoms with Crippen molar-refractivity contribution < 1.29 is 4.79 Å². The van der Waals surface area contributed by atoms with Crippen molar-refractivity contribution in [1.82, 2.24) is 14.8 Å². The summed E-state index contributed by atoms with van der Waals surface area (Å²) in [6.07, 6.45) is 2.93. The molecule has 6 nitrogen and oxygen atoms in total. The first-order chi connectivity index (χ1) is 6.65. The second-order valence-electron chi connectivity index (χ2n) is 3.09. The predicted octanol–water partition coefficient (Wildman–Crippen LogP) is -0.119. The minimum atomic E-state index is -0.475. The molecule has 0 unspecified atom stereocenters. The standard InChI is InChI=1S/C8H15N5O/c1-3-4-6(9)7(14)12-8-10-5-11-13(8)2/h5-6H,3-4,9H2,1-2H3,(H,10,11,12,14)/t6-/m0/s1. The number of rotatable bonds is 4. The Balaban J connectivity index is 2.53. The molecule has 1 atom stereocenters. The molecule has 0 aliphatic rings. The highest BCUT2D eigenvalue weighted by Gasteiger charge is 2.14. The molecule has 0 saturated carbocycles. The average Bonchev–Trinajstić information content (AvgIpc) is 2.52. The maximum atomic E-state index is 11.4. The van der Waals surface area contributed by atoms with Gasteiger partial charge in [0.2, 0.25) is 11.9 Å². The fourth-order valence-electron chi connectivity index (χ4n) is 1.05. The van der Waals surface area contributed by atoms with Gasteiger partial charge < -0.3 is 5.73 Å². The van der Waals surface area contributed by atoms with Gasteiger partial charge in [-0.1, -0.05) is 13.3 Å². The highest BCUT2D eigenvalue weighted by molar-refractivity contribution is 5.93. The van der Waals surface area contributed by atoms with Crippen molar-refractivity contribution in [3.8, 4) is 0 Å². The van der Waals surface area contributed by atoms with Gasteiger partial charge in [-0.3, -0.25) is 10.1 Å². The summed E-state index contributed by atoms with van der Waals surface area (Å²) in [5, 5.41) is 6.43. The van der Waals surface area contributed by atoms with Crippen LogP contribution >= 0.6 is 0 Å². The zero-order valence-corrected chi connectivity index (χ0v) is 8.40. The van der Waals surface area contributed by atoms with Gasteiger partial charge in [0.25, 0.3) is 0 Å². The lowest BCUT2D eigenvalue weighted by Gasteiger charge is -2.09. The van der Waals surface area contributed by atoms with Crippen LogP contribution in [0.5, 0.6) is 0 Å². The molecule has 1 heterocycles. The van der Waals surface area contributed by atoms with Gasteiger partial charge in [0.15, 0.2) is 0 Å². The van der Waals surface area contributed by atoms with Crippen molar-refractivity contribution in [3.63, 3.8) is 0 Å². The first kappa shape index (κ1) is 10.6. The van der Waals surface area contributed by atoms with Crippen LogP contribution in [0.2, 0.25) is 0 Å². The average molecular weight is 197 g/mol. The van der Waals surface area contributed by atoms with Crippen LogP contribution in [0.3, 0.4) is 0 Å². The van der Waals surface area contributed by atoms with Gasteiger partial charge in [-0.05, 0) is 6.42 Å². The van der Waals surface area contributed by atoms with Crippen molar-refractivity contribution in [2.75, 3.05) is 5.32 Å². The summed E-state index contributed by atoms with van der Waals surface area (Å²) < 4.78 is 1.48. The predicted molar refractivity (Wildman–Crippen MR) is 52.5 cm³/mol. The Labute approximate surface area is 82.5 Å². The van der Waals surface area contributed by atoms with E-state index in [-0.39, 0.29) is 5.91 Å². The fourth-order valence-corrected chi connectivity index (χ4v) is 1.05. The number of hydrogen-bond donors (Lipinski definition) is 2. The Morgan fingerprint density at radius 3 is 3.00 bits per heavy atom. The van der Waals surface area contributed by atoms with E-state index in [0.29, 0.717) is 12.4 Å². The Morgan fingerprint density at radius 1 is 1.79 bits per heavy atom. The highest BCUT2D eigenvalue weighted by Crippen LogP contribution is 2.00. The van der Waals surface area contributed by atoms with E-state index in [4.69, 9.17) is 5.73 Å². The number of nitrogens with one attached hydrogen (secondary N) is 1. The molecule has 0 aliphatic carbocycles. The number of anilines is 1. The molecule has 0 aromatic carbocycles. The monoisotopic (exact) mass is 197 g/mol. The Bertz CT molecular complexity index is 308. The zero-order valence-electron chi connectivity index (χ0n) is 8.40. The first-order valence-corrected chi connectivity index (χ1v) is 4.55. The summed E-state index contributed by atoms with van der Waals surface area (Å²) >= 11 is 0. The third-order valence-corrected chi connectivity index (χ3v) is 1.88. The summed E-state index contributed by atoms with van der Waals surface area (Å²) in [5.74, 6) is 0.199. The van der Waals surface area contributed by atoms with E-state index in [9.17, 15) is 4.79 Å². The molecule has 0 saturated heterocycles. The normalized spacial score (nSPS) is 12.5. The number of carbonyl (C=O) groups is 1. The molecule has 14 heavy (non-hydrogen) atoms. The molecule has 0 fully saturated rings. The van der Waals surface area contributed by atoms with Gasteiger partial charge in [0, 0.05) is 7.05 Å². The topological polar surface area (TPSA) is 85.8 Å². The van der Waals surface area contributed by atoms with Crippen LogP contribution in [-0.2, 0) is 11.8 Å². The van der Waals surface area contributed by atoms with E-state index in [1.54, 1.807) is 7.05 Å². The molecule has 0 bridgehead atoms. The van der Waals surface area contributed by atoms with Crippen LogP contribution in [0.4, 0.5) is 5.95 Å². The minimum Gasteiger partial charge on any atom is -0.320 e. The summed E-state index contributed by atoms with van der Waals surface area (Å²) in [6.45, 7) is 1.98. The number of amides is 1. The molecule has 1 amide bonds. The van der Waals surface area contributed by atoms with E-state index in [0.717, 1.165) is 6.42 Å². The highest BCUT2D eigenvalue weighted by atomic mass is 16.2. The smallest absolute Gasteiger partial charge is 0.243 e. The quantitative estimate of drug-likeness (QED) is 0.704. The molecule has 0 aliphatic heterocycles. The van der Waals surface area contributed by atoms with Crippen LogP contribution in [0.15, 0.2) is 6.33 Å². The van der Waals surface area contributed by atoms with Crippen molar-refractivity contribution in [2.45, 2.75) is 25.8 Å². The first-order valence-electron chi connectivity index (χ1n) is 4.55. The summed E-state index contributed by atoms with van der Waals surface area (Å²) in [7, 11) is 1.70. The van der Waals surface area contributed by atoms with Crippen molar-refractivity contribution in [3.05, 3.63) is 6.33 Å². The molecule has 1 rings (SSSR count). The van der Waals surface area contributed by atoms with Gasteiger partial charge in [-0.15, -0.1) is 0 Å². The molecular weight excluding hydrogens is 182 g/mol. The van der Waals surface area contributed by atoms with E-state index >= 15 is 0 Å². The van der Waals surface area contributed by atoms with Crippen molar-refractivity contribution >= 4 is 11.9 Å². The molecule has 6 heteroatoms. The Kier molecular flexibility index (Phi) is 3.58. The molecular formula is C8H15N5O. The number of carbonyl (C=O) groups excluding carboxylic acids is 1. The largest absolute Gasteiger partial charge is 0.320 e. The van der Waals surface area contributed by atoms with Crippen LogP contribution in [0.1, 0.15) is 19.8 Å². The fraction of sp³-hybridized carbons (Fsp3) is 0.625. The molecule has 0 radical (unpaired) electrons. The third-order valence-electron chi connectivity index (χ3n) is 1.88. The summed E-state index contributed by atoms with van der Waals surface area (Å²) in [6, 6.07) is -0.475. The van der Waals surface area contributed by atoms with Gasteiger partial charge in [-0.2, -0.15) is 10.1 Å². The number of hydrogen-bond acceptors (Lipinski definition) is 4. The van der Waals surface area contributed by atoms with Gasteiger partial charge in [-0.25, -0.2) is 4.68 Å². The third kappa shape index (κ3) is 2.53. The van der Waals surface area contributed by atoms with E-state index in [1.807, 2.05) is 6.92 Å². The van der Waals surface area contributed by atoms with E-state index in [1.165, 1.54) is 11.0 Å². The lowest BCUT2D eigenvalue weighted by molar-refractivity contribution is -0.117. The van der Waals surface area contributed by atoms with E-state index < -0.39 is 6.04 Å². The summed E-state index contributed by atoms with van der Waals surface area (Å²) in [4.78, 5) is 15.3. The lowest BCUT2D eigenvalue weighted by atomic mass is 10.2. The van der Waals surface area contributed by atoms with E-state index in [2.05, 4.69) is 15.4 Å². The van der Waals surface area contributed by atoms with Gasteiger partial charge >= 0.3 is 0 Å². The maximum Gasteiger partial charge on any atom is 0.243 e. The van der Waals surface area contributed by atoms with Gasteiger partial charge in [0.1, 0.15) is 6.33 Å². The summed E-state index contributed by atoms with van der Waals surface area (Å²) in [5.41, 5.74) is 5.62. The van der Waals surface area contributed by atoms with Crippen molar-refractivity contribution in [1.29, 1.82) is 0 Å². The maximum absolute atomic E-state index is 11.4. The number of aryl methyl sites for hydroxylation is 1. The second kappa shape index (κ2) is 4.71. The lowest BCUT2D eigenvalue weighted by Crippen LogP contribution is -2.36. The molecule has 3 N–H and O–H groups in total. The second-order valence-corrected chi connectivity index (χ2v) is 3.09. The van der Waals surface area contributed by atoms with Crippen LogP contribution in [0.25, 0.3) is 0 Å². The molecule has 0 spiro atoms.